The highest BCUT2D eigenvalue weighted by Crippen LogP contribution is 2.29. The van der Waals surface area contributed by atoms with Crippen LogP contribution >= 0.6 is 0 Å². The fraction of sp³-hybridized carbons (Fsp3) is 0.885. The van der Waals surface area contributed by atoms with Crippen LogP contribution < -0.4 is 5.32 Å². The Kier molecular flexibility index (Phi) is 9.42. The highest BCUT2D eigenvalue weighted by Gasteiger charge is 2.37. The largest absolute Gasteiger partial charge is 0.344 e. The van der Waals surface area contributed by atoms with Gasteiger partial charge in [0.15, 0.2) is 0 Å². The molecular formula is C26H45N3O3. The first kappa shape index (κ1) is 25.0. The lowest BCUT2D eigenvalue weighted by molar-refractivity contribution is -0.148. The normalized spacial score (nSPS) is 24.9. The molecule has 3 atom stereocenters. The molecule has 3 rings (SSSR count). The fourth-order valence-corrected chi connectivity index (χ4v) is 5.83. The molecule has 32 heavy (non-hydrogen) atoms. The van der Waals surface area contributed by atoms with E-state index in [9.17, 15) is 14.4 Å². The van der Waals surface area contributed by atoms with Gasteiger partial charge in [0.1, 0.15) is 6.04 Å². The zero-order valence-electron chi connectivity index (χ0n) is 20.6. The summed E-state index contributed by atoms with van der Waals surface area (Å²) in [5.74, 6) is 1.24. The van der Waals surface area contributed by atoms with Crippen molar-refractivity contribution in [2.24, 2.45) is 17.8 Å². The number of nitrogens with one attached hydrogen (secondary N) is 1. The SMILES string of the molecule is CCC(C)C(NC(=O)CCC1CCCC1)C(=O)N1CCN(C(=O)C2CCCCC2)C(C)C1. The molecule has 0 bridgehead atoms. The second-order valence-corrected chi connectivity index (χ2v) is 10.6. The van der Waals surface area contributed by atoms with E-state index >= 15 is 0 Å². The molecule has 1 aliphatic heterocycles. The number of hydrogen-bond acceptors (Lipinski definition) is 3. The second-order valence-electron chi connectivity index (χ2n) is 10.6. The summed E-state index contributed by atoms with van der Waals surface area (Å²) in [6.07, 6.45) is 12.9. The van der Waals surface area contributed by atoms with Crippen LogP contribution in [0.25, 0.3) is 0 Å². The average Bonchev–Trinajstić information content (AvgIpc) is 3.34. The highest BCUT2D eigenvalue weighted by atomic mass is 16.2. The van der Waals surface area contributed by atoms with Crippen LogP contribution in [0.1, 0.15) is 97.8 Å². The maximum absolute atomic E-state index is 13.4. The predicted molar refractivity (Wildman–Crippen MR) is 127 cm³/mol. The molecular weight excluding hydrogens is 402 g/mol. The van der Waals surface area contributed by atoms with Crippen molar-refractivity contribution < 1.29 is 14.4 Å². The van der Waals surface area contributed by atoms with Crippen molar-refractivity contribution in [1.82, 2.24) is 15.1 Å². The standard InChI is InChI=1S/C26H45N3O3/c1-4-19(2)24(27-23(30)15-14-21-10-8-9-11-21)26(32)28-16-17-29(20(3)18-28)25(31)22-12-6-5-7-13-22/h19-22,24H,4-18H2,1-3H3,(H,27,30). The lowest BCUT2D eigenvalue weighted by atomic mass is 9.87. The number of nitrogens with zero attached hydrogens (tertiary/aromatic N) is 2. The lowest BCUT2D eigenvalue weighted by Gasteiger charge is -2.43. The van der Waals surface area contributed by atoms with Gasteiger partial charge in [-0.15, -0.1) is 0 Å². The number of piperazine rings is 1. The van der Waals surface area contributed by atoms with E-state index in [2.05, 4.69) is 19.2 Å². The molecule has 1 N–H and O–H groups in total. The van der Waals surface area contributed by atoms with Crippen molar-refractivity contribution in [2.75, 3.05) is 19.6 Å². The molecule has 2 saturated carbocycles. The number of carbonyl (C=O) groups is 3. The quantitative estimate of drug-likeness (QED) is 0.608. The summed E-state index contributed by atoms with van der Waals surface area (Å²) in [5, 5.41) is 3.08. The second kappa shape index (κ2) is 12.0. The first-order valence-corrected chi connectivity index (χ1v) is 13.3. The van der Waals surface area contributed by atoms with Crippen LogP contribution in [0.4, 0.5) is 0 Å². The van der Waals surface area contributed by atoms with Gasteiger partial charge in [-0.2, -0.15) is 0 Å². The van der Waals surface area contributed by atoms with E-state index < -0.39 is 6.04 Å². The van der Waals surface area contributed by atoms with Crippen LogP contribution in [-0.4, -0.2) is 59.2 Å². The monoisotopic (exact) mass is 447 g/mol. The van der Waals surface area contributed by atoms with Gasteiger partial charge in [0.25, 0.3) is 0 Å². The number of carbonyl (C=O) groups excluding carboxylic acids is 3. The van der Waals surface area contributed by atoms with Gasteiger partial charge in [-0.1, -0.05) is 65.2 Å². The van der Waals surface area contributed by atoms with Gasteiger partial charge in [-0.05, 0) is 38.0 Å². The van der Waals surface area contributed by atoms with Gasteiger partial charge in [0.2, 0.25) is 17.7 Å². The maximum atomic E-state index is 13.4. The Hall–Kier alpha value is -1.59. The number of rotatable bonds is 8. The molecule has 1 heterocycles. The van der Waals surface area contributed by atoms with E-state index in [1.165, 1.54) is 32.1 Å². The summed E-state index contributed by atoms with van der Waals surface area (Å²) in [6.45, 7) is 7.89. The molecule has 0 spiro atoms. The summed E-state index contributed by atoms with van der Waals surface area (Å²) >= 11 is 0. The number of hydrogen-bond donors (Lipinski definition) is 1. The van der Waals surface area contributed by atoms with E-state index in [0.29, 0.717) is 32.0 Å². The Morgan fingerprint density at radius 2 is 1.62 bits per heavy atom. The highest BCUT2D eigenvalue weighted by molar-refractivity contribution is 5.88. The van der Waals surface area contributed by atoms with Gasteiger partial charge in [0, 0.05) is 38.0 Å². The topological polar surface area (TPSA) is 69.7 Å². The number of amides is 3. The Morgan fingerprint density at radius 3 is 2.25 bits per heavy atom. The molecule has 0 radical (unpaired) electrons. The average molecular weight is 448 g/mol. The minimum atomic E-state index is -0.469. The fourth-order valence-electron chi connectivity index (χ4n) is 5.83. The van der Waals surface area contributed by atoms with E-state index in [0.717, 1.165) is 38.5 Å². The Morgan fingerprint density at radius 1 is 0.969 bits per heavy atom. The Labute approximate surface area is 194 Å². The third-order valence-corrected chi connectivity index (χ3v) is 8.23. The molecule has 3 aliphatic rings. The van der Waals surface area contributed by atoms with Crippen molar-refractivity contribution in [3.05, 3.63) is 0 Å². The minimum Gasteiger partial charge on any atom is -0.344 e. The Balaban J connectivity index is 1.54. The minimum absolute atomic E-state index is 0.00899. The van der Waals surface area contributed by atoms with Crippen LogP contribution in [0.15, 0.2) is 0 Å². The molecule has 182 valence electrons. The van der Waals surface area contributed by atoms with Gasteiger partial charge < -0.3 is 15.1 Å². The van der Waals surface area contributed by atoms with Crippen LogP contribution in [-0.2, 0) is 14.4 Å². The van der Waals surface area contributed by atoms with Gasteiger partial charge in [-0.25, -0.2) is 0 Å². The zero-order chi connectivity index (χ0) is 23.1. The summed E-state index contributed by atoms with van der Waals surface area (Å²) in [4.78, 5) is 43.0. The third kappa shape index (κ3) is 6.48. The molecule has 0 aromatic heterocycles. The van der Waals surface area contributed by atoms with Crippen LogP contribution in [0.5, 0.6) is 0 Å². The maximum Gasteiger partial charge on any atom is 0.245 e. The summed E-state index contributed by atoms with van der Waals surface area (Å²) in [5.41, 5.74) is 0. The van der Waals surface area contributed by atoms with Crippen molar-refractivity contribution >= 4 is 17.7 Å². The molecule has 3 fully saturated rings. The van der Waals surface area contributed by atoms with Crippen molar-refractivity contribution in [3.63, 3.8) is 0 Å². The van der Waals surface area contributed by atoms with Crippen molar-refractivity contribution in [2.45, 2.75) is 110 Å². The smallest absolute Gasteiger partial charge is 0.245 e. The zero-order valence-corrected chi connectivity index (χ0v) is 20.6. The van der Waals surface area contributed by atoms with Crippen LogP contribution in [0.2, 0.25) is 0 Å². The molecule has 6 heteroatoms. The molecule has 2 aliphatic carbocycles. The van der Waals surface area contributed by atoms with Gasteiger partial charge in [0.05, 0.1) is 0 Å². The van der Waals surface area contributed by atoms with E-state index in [4.69, 9.17) is 0 Å². The molecule has 3 unspecified atom stereocenters. The van der Waals surface area contributed by atoms with Crippen molar-refractivity contribution in [3.8, 4) is 0 Å². The third-order valence-electron chi connectivity index (χ3n) is 8.23. The first-order chi connectivity index (χ1) is 15.4. The van der Waals surface area contributed by atoms with E-state index in [1.807, 2.05) is 16.7 Å². The summed E-state index contributed by atoms with van der Waals surface area (Å²) in [7, 11) is 0. The van der Waals surface area contributed by atoms with E-state index in [1.54, 1.807) is 0 Å². The van der Waals surface area contributed by atoms with Crippen LogP contribution in [0, 0.1) is 17.8 Å². The Bertz CT molecular complexity index is 640. The molecule has 0 aromatic carbocycles. The molecule has 3 amide bonds. The predicted octanol–water partition coefficient (Wildman–Crippen LogP) is 4.13. The molecule has 1 saturated heterocycles. The molecule has 6 nitrogen and oxygen atoms in total. The van der Waals surface area contributed by atoms with Gasteiger partial charge >= 0.3 is 0 Å². The first-order valence-electron chi connectivity index (χ1n) is 13.3. The van der Waals surface area contributed by atoms with E-state index in [-0.39, 0.29) is 35.6 Å². The van der Waals surface area contributed by atoms with Crippen molar-refractivity contribution in [1.29, 1.82) is 0 Å². The van der Waals surface area contributed by atoms with Gasteiger partial charge in [-0.3, -0.25) is 14.4 Å². The molecule has 0 aromatic rings. The lowest BCUT2D eigenvalue weighted by Crippen LogP contribution is -2.60. The summed E-state index contributed by atoms with van der Waals surface area (Å²) in [6, 6.07) is -0.443. The summed E-state index contributed by atoms with van der Waals surface area (Å²) < 4.78 is 0. The van der Waals surface area contributed by atoms with Crippen LogP contribution in [0.3, 0.4) is 0 Å².